The maximum absolute atomic E-state index is 12.3. The Morgan fingerprint density at radius 3 is 2.76 bits per heavy atom. The zero-order valence-corrected chi connectivity index (χ0v) is 12.3. The first-order valence-corrected chi connectivity index (χ1v) is 6.97. The number of carbonyl (C=O) groups is 1. The minimum absolute atomic E-state index is 0.0693. The van der Waals surface area contributed by atoms with Crippen LogP contribution < -0.4 is 10.1 Å². The molecule has 2 rings (SSSR count). The van der Waals surface area contributed by atoms with E-state index in [0.717, 1.165) is 13.1 Å². The number of amides is 1. The van der Waals surface area contributed by atoms with Crippen molar-refractivity contribution in [3.63, 3.8) is 0 Å². The fraction of sp³-hybridized carbons (Fsp3) is 0.462. The van der Waals surface area contributed by atoms with E-state index < -0.39 is 11.0 Å². The first-order chi connectivity index (χ1) is 10.0. The average Bonchev–Trinajstić information content (AvgIpc) is 2.49. The molecule has 1 aliphatic heterocycles. The number of carbonyl (C=O) groups excluding carboxylic acids is 1. The predicted octanol–water partition coefficient (Wildman–Crippen LogP) is 1.45. The van der Waals surface area contributed by atoms with Crippen LogP contribution in [0.5, 0.6) is 5.75 Å². The zero-order chi connectivity index (χ0) is 15.4. The molecule has 0 radical (unpaired) electrons. The number of nitrogens with zero attached hydrogens (tertiary/aromatic N) is 2. The number of ether oxygens (including phenoxy) is 1. The highest BCUT2D eigenvalue weighted by atomic mass is 35.5. The van der Waals surface area contributed by atoms with Crippen LogP contribution in [0.3, 0.4) is 0 Å². The van der Waals surface area contributed by atoms with E-state index in [9.17, 15) is 14.9 Å². The lowest BCUT2D eigenvalue weighted by Crippen LogP contribution is -2.50. The van der Waals surface area contributed by atoms with Gasteiger partial charge in [-0.2, -0.15) is 0 Å². The largest absolute Gasteiger partial charge is 0.473 e. The fourth-order valence-corrected chi connectivity index (χ4v) is 2.34. The average molecular weight is 314 g/mol. The van der Waals surface area contributed by atoms with Crippen LogP contribution in [0, 0.1) is 10.1 Å². The molecule has 1 unspecified atom stereocenters. The Morgan fingerprint density at radius 2 is 2.14 bits per heavy atom. The molecule has 7 nitrogen and oxygen atoms in total. The van der Waals surface area contributed by atoms with E-state index in [1.54, 1.807) is 11.8 Å². The van der Waals surface area contributed by atoms with Crippen molar-refractivity contribution in [3.8, 4) is 5.75 Å². The van der Waals surface area contributed by atoms with Gasteiger partial charge >= 0.3 is 5.69 Å². The topological polar surface area (TPSA) is 84.7 Å². The quantitative estimate of drug-likeness (QED) is 0.671. The third-order valence-corrected chi connectivity index (χ3v) is 3.51. The molecule has 0 aliphatic carbocycles. The molecule has 8 heteroatoms. The number of hydrogen-bond acceptors (Lipinski definition) is 5. The van der Waals surface area contributed by atoms with Gasteiger partial charge in [-0.05, 0) is 13.0 Å². The van der Waals surface area contributed by atoms with Crippen LogP contribution in [-0.4, -0.2) is 48.0 Å². The first-order valence-electron chi connectivity index (χ1n) is 6.59. The number of nitro benzene ring substituents is 1. The number of piperazine rings is 1. The molecule has 1 atom stereocenters. The highest BCUT2D eigenvalue weighted by molar-refractivity contribution is 6.32. The van der Waals surface area contributed by atoms with Crippen molar-refractivity contribution in [2.45, 2.75) is 13.0 Å². The van der Waals surface area contributed by atoms with Crippen LogP contribution >= 0.6 is 11.6 Å². The summed E-state index contributed by atoms with van der Waals surface area (Å²) in [6.07, 6.45) is -0.832. The Hall–Kier alpha value is -1.86. The van der Waals surface area contributed by atoms with Crippen molar-refractivity contribution < 1.29 is 14.5 Å². The molecule has 1 amide bonds. The maximum Gasteiger partial charge on any atom is 0.312 e. The lowest BCUT2D eigenvalue weighted by molar-refractivity contribution is -0.386. The molecule has 1 N–H and O–H groups in total. The molecule has 1 aromatic carbocycles. The summed E-state index contributed by atoms with van der Waals surface area (Å²) in [6.45, 7) is 4.21. The minimum Gasteiger partial charge on any atom is -0.473 e. The summed E-state index contributed by atoms with van der Waals surface area (Å²) in [6, 6.07) is 4.26. The summed E-state index contributed by atoms with van der Waals surface area (Å²) < 4.78 is 5.47. The standard InChI is InChI=1S/C13H16ClN3O4/c1-9(13(18)16-7-5-15-6-8-16)21-12-10(14)3-2-4-11(12)17(19)20/h2-4,9,15H,5-8H2,1H3. The molecule has 114 valence electrons. The van der Waals surface area contributed by atoms with Gasteiger partial charge in [-0.1, -0.05) is 17.7 Å². The second-order valence-corrected chi connectivity index (χ2v) is 5.09. The molecule has 1 aromatic rings. The lowest BCUT2D eigenvalue weighted by atomic mass is 10.2. The van der Waals surface area contributed by atoms with Gasteiger partial charge in [-0.3, -0.25) is 14.9 Å². The molecule has 21 heavy (non-hydrogen) atoms. The van der Waals surface area contributed by atoms with Gasteiger partial charge in [0.2, 0.25) is 5.75 Å². The van der Waals surface area contributed by atoms with Crippen molar-refractivity contribution in [2.75, 3.05) is 26.2 Å². The van der Waals surface area contributed by atoms with Gasteiger partial charge in [0.15, 0.2) is 6.10 Å². The second kappa shape index (κ2) is 6.73. The molecular weight excluding hydrogens is 298 g/mol. The number of halogens is 1. The Labute approximate surface area is 127 Å². The van der Waals surface area contributed by atoms with E-state index in [-0.39, 0.29) is 22.4 Å². The summed E-state index contributed by atoms with van der Waals surface area (Å²) in [7, 11) is 0. The Morgan fingerprint density at radius 1 is 1.48 bits per heavy atom. The van der Waals surface area contributed by atoms with E-state index in [1.165, 1.54) is 18.2 Å². The normalized spacial score (nSPS) is 16.4. The van der Waals surface area contributed by atoms with Gasteiger partial charge in [0.05, 0.1) is 9.95 Å². The second-order valence-electron chi connectivity index (χ2n) is 4.68. The third kappa shape index (κ3) is 3.62. The van der Waals surface area contributed by atoms with Crippen LogP contribution in [0.25, 0.3) is 0 Å². The van der Waals surface area contributed by atoms with Crippen LogP contribution in [0.4, 0.5) is 5.69 Å². The Bertz CT molecular complexity index is 546. The smallest absolute Gasteiger partial charge is 0.312 e. The molecule has 0 saturated carbocycles. The summed E-state index contributed by atoms with van der Waals surface area (Å²) in [5, 5.41) is 14.3. The number of nitrogens with one attached hydrogen (secondary N) is 1. The fourth-order valence-electron chi connectivity index (χ4n) is 2.13. The summed E-state index contributed by atoms with van der Waals surface area (Å²) >= 11 is 5.94. The van der Waals surface area contributed by atoms with Crippen LogP contribution in [0.2, 0.25) is 5.02 Å². The van der Waals surface area contributed by atoms with Crippen LogP contribution in [0.1, 0.15) is 6.92 Å². The van der Waals surface area contributed by atoms with Gasteiger partial charge < -0.3 is 15.0 Å². The van der Waals surface area contributed by atoms with E-state index in [0.29, 0.717) is 13.1 Å². The van der Waals surface area contributed by atoms with Crippen molar-refractivity contribution in [2.24, 2.45) is 0 Å². The van der Waals surface area contributed by atoms with Crippen molar-refractivity contribution in [1.82, 2.24) is 10.2 Å². The van der Waals surface area contributed by atoms with Gasteiger partial charge in [0.1, 0.15) is 0 Å². The predicted molar refractivity (Wildman–Crippen MR) is 77.6 cm³/mol. The van der Waals surface area contributed by atoms with Crippen molar-refractivity contribution in [3.05, 3.63) is 33.3 Å². The van der Waals surface area contributed by atoms with E-state index in [4.69, 9.17) is 16.3 Å². The van der Waals surface area contributed by atoms with E-state index in [2.05, 4.69) is 5.32 Å². The molecule has 0 aromatic heterocycles. The number of nitro groups is 1. The lowest BCUT2D eigenvalue weighted by Gasteiger charge is -2.29. The SMILES string of the molecule is CC(Oc1c(Cl)cccc1[N+](=O)[O-])C(=O)N1CCNCC1. The summed E-state index contributed by atoms with van der Waals surface area (Å²) in [5.74, 6) is -0.272. The van der Waals surface area contributed by atoms with Gasteiger partial charge in [-0.25, -0.2) is 0 Å². The Balaban J connectivity index is 2.13. The molecule has 1 heterocycles. The molecule has 0 bridgehead atoms. The maximum atomic E-state index is 12.3. The molecular formula is C13H16ClN3O4. The first kappa shape index (κ1) is 15.5. The molecule has 0 spiro atoms. The van der Waals surface area contributed by atoms with Gasteiger partial charge in [-0.15, -0.1) is 0 Å². The zero-order valence-electron chi connectivity index (χ0n) is 11.5. The molecule has 1 saturated heterocycles. The molecule has 1 aliphatic rings. The number of rotatable bonds is 4. The summed E-state index contributed by atoms with van der Waals surface area (Å²) in [4.78, 5) is 24.3. The minimum atomic E-state index is -0.832. The van der Waals surface area contributed by atoms with E-state index in [1.807, 2.05) is 0 Å². The number of para-hydroxylation sites is 1. The highest BCUT2D eigenvalue weighted by Crippen LogP contribution is 2.35. The number of hydrogen-bond donors (Lipinski definition) is 1. The van der Waals surface area contributed by atoms with Gasteiger partial charge in [0.25, 0.3) is 5.91 Å². The van der Waals surface area contributed by atoms with E-state index >= 15 is 0 Å². The summed E-state index contributed by atoms with van der Waals surface area (Å²) in [5.41, 5.74) is -0.248. The van der Waals surface area contributed by atoms with Crippen LogP contribution in [-0.2, 0) is 4.79 Å². The molecule has 1 fully saturated rings. The van der Waals surface area contributed by atoms with Crippen LogP contribution in [0.15, 0.2) is 18.2 Å². The number of benzene rings is 1. The van der Waals surface area contributed by atoms with Crippen molar-refractivity contribution in [1.29, 1.82) is 0 Å². The van der Waals surface area contributed by atoms with Crippen molar-refractivity contribution >= 4 is 23.2 Å². The van der Waals surface area contributed by atoms with Gasteiger partial charge in [0, 0.05) is 32.2 Å². The highest BCUT2D eigenvalue weighted by Gasteiger charge is 2.27. The Kier molecular flexibility index (Phi) is 4.98. The monoisotopic (exact) mass is 313 g/mol. The third-order valence-electron chi connectivity index (χ3n) is 3.21.